The van der Waals surface area contributed by atoms with Crippen LogP contribution < -0.4 is 5.32 Å². The van der Waals surface area contributed by atoms with Gasteiger partial charge in [0.2, 0.25) is 11.8 Å². The highest BCUT2D eigenvalue weighted by Gasteiger charge is 2.52. The first-order chi connectivity index (χ1) is 9.60. The molecule has 1 N–H and O–H groups in total. The predicted octanol–water partition coefficient (Wildman–Crippen LogP) is 2.28. The highest BCUT2D eigenvalue weighted by molar-refractivity contribution is 8.01. The van der Waals surface area contributed by atoms with Gasteiger partial charge in [-0.3, -0.25) is 9.59 Å². The molecule has 2 atom stereocenters. The second-order valence-corrected chi connectivity index (χ2v) is 7.96. The van der Waals surface area contributed by atoms with Crippen molar-refractivity contribution in [1.82, 2.24) is 10.2 Å². The molecule has 3 rings (SSSR count). The third-order valence-electron chi connectivity index (χ3n) is 4.95. The highest BCUT2D eigenvalue weighted by Crippen LogP contribution is 2.47. The summed E-state index contributed by atoms with van der Waals surface area (Å²) in [4.78, 5) is 26.3. The van der Waals surface area contributed by atoms with Gasteiger partial charge in [0, 0.05) is 18.2 Å². The summed E-state index contributed by atoms with van der Waals surface area (Å²) in [6, 6.07) is 0.0721. The van der Waals surface area contributed by atoms with Gasteiger partial charge in [0.05, 0.1) is 4.87 Å². The van der Waals surface area contributed by atoms with Crippen molar-refractivity contribution >= 4 is 23.6 Å². The summed E-state index contributed by atoms with van der Waals surface area (Å²) < 4.78 is 0. The van der Waals surface area contributed by atoms with Crippen LogP contribution in [0.25, 0.3) is 0 Å². The van der Waals surface area contributed by atoms with Crippen LogP contribution in [-0.4, -0.2) is 39.4 Å². The molecule has 1 saturated carbocycles. The zero-order valence-corrected chi connectivity index (χ0v) is 13.0. The Morgan fingerprint density at radius 3 is 2.70 bits per heavy atom. The number of carbonyl (C=O) groups is 2. The van der Waals surface area contributed by atoms with Gasteiger partial charge in [-0.25, -0.2) is 0 Å². The molecular formula is C15H24N2O2S. The van der Waals surface area contributed by atoms with E-state index in [0.717, 1.165) is 25.0 Å². The maximum absolute atomic E-state index is 12.5. The number of rotatable bonds is 2. The van der Waals surface area contributed by atoms with Crippen LogP contribution >= 0.6 is 11.8 Å². The van der Waals surface area contributed by atoms with Crippen molar-refractivity contribution in [3.8, 4) is 0 Å². The zero-order valence-electron chi connectivity index (χ0n) is 12.2. The van der Waals surface area contributed by atoms with Crippen LogP contribution in [0.15, 0.2) is 0 Å². The van der Waals surface area contributed by atoms with E-state index in [0.29, 0.717) is 12.5 Å². The smallest absolute Gasteiger partial charge is 0.243 e. The van der Waals surface area contributed by atoms with Crippen LogP contribution in [-0.2, 0) is 9.59 Å². The number of nitrogens with zero attached hydrogens (tertiary/aromatic N) is 1. The standard InChI is InChI=1S/C15H24N2O2S/c1-15-9-8-13(18)17(15)12(10-20-15)14(19)16-11-6-4-2-3-5-7-11/h11-12H,2-10H2,1H3,(H,16,19)/t12-,15+/m1/s1. The number of amides is 2. The van der Waals surface area contributed by atoms with E-state index < -0.39 is 0 Å². The Labute approximate surface area is 125 Å². The van der Waals surface area contributed by atoms with Gasteiger partial charge < -0.3 is 10.2 Å². The number of hydrogen-bond acceptors (Lipinski definition) is 3. The Bertz CT molecular complexity index is 407. The summed E-state index contributed by atoms with van der Waals surface area (Å²) in [6.07, 6.45) is 8.66. The minimum atomic E-state index is -0.247. The maximum Gasteiger partial charge on any atom is 0.243 e. The van der Waals surface area contributed by atoms with E-state index in [9.17, 15) is 9.59 Å². The van der Waals surface area contributed by atoms with Crippen LogP contribution in [0.2, 0.25) is 0 Å². The Hall–Kier alpha value is -0.710. The summed E-state index contributed by atoms with van der Waals surface area (Å²) in [6.45, 7) is 2.10. The van der Waals surface area contributed by atoms with Gasteiger partial charge in [0.15, 0.2) is 0 Å². The molecule has 2 heterocycles. The van der Waals surface area contributed by atoms with Crippen molar-refractivity contribution in [1.29, 1.82) is 0 Å². The topological polar surface area (TPSA) is 49.4 Å². The van der Waals surface area contributed by atoms with E-state index >= 15 is 0 Å². The molecular weight excluding hydrogens is 272 g/mol. The second-order valence-electron chi connectivity index (χ2n) is 6.46. The molecule has 5 heteroatoms. The molecule has 20 heavy (non-hydrogen) atoms. The molecule has 0 aromatic rings. The molecule has 4 nitrogen and oxygen atoms in total. The van der Waals surface area contributed by atoms with Crippen molar-refractivity contribution in [2.75, 3.05) is 5.75 Å². The van der Waals surface area contributed by atoms with Gasteiger partial charge in [-0.05, 0) is 26.2 Å². The Balaban J connectivity index is 1.64. The maximum atomic E-state index is 12.5. The fourth-order valence-corrected chi connectivity index (χ4v) is 5.17. The number of carbonyl (C=O) groups excluding carboxylic acids is 2. The molecule has 1 aliphatic carbocycles. The second kappa shape index (κ2) is 5.58. The Kier molecular flexibility index (Phi) is 3.98. The Morgan fingerprint density at radius 1 is 1.30 bits per heavy atom. The lowest BCUT2D eigenvalue weighted by atomic mass is 10.1. The zero-order chi connectivity index (χ0) is 14.2. The van der Waals surface area contributed by atoms with Crippen LogP contribution in [0.3, 0.4) is 0 Å². The van der Waals surface area contributed by atoms with Gasteiger partial charge in [-0.1, -0.05) is 25.7 Å². The van der Waals surface area contributed by atoms with E-state index in [4.69, 9.17) is 0 Å². The minimum Gasteiger partial charge on any atom is -0.352 e. The lowest BCUT2D eigenvalue weighted by molar-refractivity contribution is -0.138. The van der Waals surface area contributed by atoms with E-state index in [1.165, 1.54) is 25.7 Å². The molecule has 0 radical (unpaired) electrons. The molecule has 0 aromatic heterocycles. The third-order valence-corrected chi connectivity index (χ3v) is 6.45. The van der Waals surface area contributed by atoms with Gasteiger partial charge in [-0.15, -0.1) is 11.8 Å². The van der Waals surface area contributed by atoms with Crippen LogP contribution in [0.5, 0.6) is 0 Å². The van der Waals surface area contributed by atoms with Crippen LogP contribution in [0.4, 0.5) is 0 Å². The lowest BCUT2D eigenvalue weighted by Gasteiger charge is -2.30. The fourth-order valence-electron chi connectivity index (χ4n) is 3.74. The van der Waals surface area contributed by atoms with Crippen molar-refractivity contribution in [2.45, 2.75) is 75.2 Å². The largest absolute Gasteiger partial charge is 0.352 e. The summed E-state index contributed by atoms with van der Waals surface area (Å²) >= 11 is 1.77. The number of nitrogens with one attached hydrogen (secondary N) is 1. The van der Waals surface area contributed by atoms with Crippen molar-refractivity contribution < 1.29 is 9.59 Å². The molecule has 2 aliphatic heterocycles. The first kappa shape index (κ1) is 14.2. The summed E-state index contributed by atoms with van der Waals surface area (Å²) in [5.74, 6) is 0.975. The SMILES string of the molecule is C[C@]12CCC(=O)N1[C@@H](C(=O)NC1CCCCCC1)CS2. The minimum absolute atomic E-state index is 0.0726. The molecule has 2 amide bonds. The van der Waals surface area contributed by atoms with Gasteiger partial charge in [0.25, 0.3) is 0 Å². The summed E-state index contributed by atoms with van der Waals surface area (Å²) in [5, 5.41) is 3.21. The number of thioether (sulfide) groups is 1. The quantitative estimate of drug-likeness (QED) is 0.795. The molecule has 0 unspecified atom stereocenters. The molecule has 0 bridgehead atoms. The molecule has 0 aromatic carbocycles. The van der Waals surface area contributed by atoms with Gasteiger partial charge in [0.1, 0.15) is 6.04 Å². The van der Waals surface area contributed by atoms with Crippen molar-refractivity contribution in [2.24, 2.45) is 0 Å². The summed E-state index contributed by atoms with van der Waals surface area (Å²) in [7, 11) is 0. The number of fused-ring (bicyclic) bond motifs is 1. The normalized spacial score (nSPS) is 35.0. The molecule has 3 aliphatic rings. The van der Waals surface area contributed by atoms with E-state index in [-0.39, 0.29) is 22.7 Å². The van der Waals surface area contributed by atoms with E-state index in [1.807, 2.05) is 4.90 Å². The van der Waals surface area contributed by atoms with Crippen LogP contribution in [0, 0.1) is 0 Å². The van der Waals surface area contributed by atoms with E-state index in [1.54, 1.807) is 11.8 Å². The average Bonchev–Trinajstić information content (AvgIpc) is 2.77. The monoisotopic (exact) mass is 296 g/mol. The first-order valence-corrected chi connectivity index (χ1v) is 8.85. The summed E-state index contributed by atoms with van der Waals surface area (Å²) in [5.41, 5.74) is 0. The number of hydrogen-bond donors (Lipinski definition) is 1. The average molecular weight is 296 g/mol. The van der Waals surface area contributed by atoms with Crippen LogP contribution in [0.1, 0.15) is 58.3 Å². The highest BCUT2D eigenvalue weighted by atomic mass is 32.2. The molecule has 0 spiro atoms. The first-order valence-electron chi connectivity index (χ1n) is 7.87. The van der Waals surface area contributed by atoms with Crippen molar-refractivity contribution in [3.63, 3.8) is 0 Å². The third kappa shape index (κ3) is 2.57. The molecule has 112 valence electrons. The fraction of sp³-hybridized carbons (Fsp3) is 0.867. The lowest BCUT2D eigenvalue weighted by Crippen LogP contribution is -2.52. The van der Waals surface area contributed by atoms with Crippen molar-refractivity contribution in [3.05, 3.63) is 0 Å². The van der Waals surface area contributed by atoms with E-state index in [2.05, 4.69) is 12.2 Å². The van der Waals surface area contributed by atoms with Gasteiger partial charge >= 0.3 is 0 Å². The van der Waals surface area contributed by atoms with Gasteiger partial charge in [-0.2, -0.15) is 0 Å². The Morgan fingerprint density at radius 2 is 2.00 bits per heavy atom. The molecule has 3 fully saturated rings. The molecule has 2 saturated heterocycles. The predicted molar refractivity (Wildman–Crippen MR) is 80.4 cm³/mol.